The van der Waals surface area contributed by atoms with E-state index in [0.717, 1.165) is 11.1 Å². The number of rotatable bonds is 6. The lowest BCUT2D eigenvalue weighted by Gasteiger charge is -2.22. The number of carboxylic acids is 1. The van der Waals surface area contributed by atoms with Gasteiger partial charge in [-0.25, -0.2) is 9.59 Å². The fourth-order valence-corrected chi connectivity index (χ4v) is 2.11. The molecule has 0 saturated carbocycles. The summed E-state index contributed by atoms with van der Waals surface area (Å²) in [5.41, 5.74) is 2.15. The summed E-state index contributed by atoms with van der Waals surface area (Å²) in [4.78, 5) is 24.7. The summed E-state index contributed by atoms with van der Waals surface area (Å²) in [6.07, 6.45) is 0.416. The van der Waals surface area contributed by atoms with E-state index < -0.39 is 12.0 Å². The summed E-state index contributed by atoms with van der Waals surface area (Å²) < 4.78 is 0. The zero-order valence-corrected chi connectivity index (χ0v) is 13.1. The Morgan fingerprint density at radius 2 is 2.00 bits per heavy atom. The van der Waals surface area contributed by atoms with Crippen LogP contribution in [0.4, 0.5) is 4.79 Å². The van der Waals surface area contributed by atoms with Crippen LogP contribution in [0.3, 0.4) is 0 Å². The van der Waals surface area contributed by atoms with Gasteiger partial charge >= 0.3 is 12.0 Å². The van der Waals surface area contributed by atoms with E-state index in [1.807, 2.05) is 45.0 Å². The maximum Gasteiger partial charge on any atom is 0.326 e. The van der Waals surface area contributed by atoms with Crippen LogP contribution in [0.1, 0.15) is 31.4 Å². The van der Waals surface area contributed by atoms with Gasteiger partial charge in [0, 0.05) is 13.6 Å². The molecule has 1 unspecified atom stereocenters. The molecule has 1 aromatic rings. The van der Waals surface area contributed by atoms with E-state index in [-0.39, 0.29) is 11.9 Å². The summed E-state index contributed by atoms with van der Waals surface area (Å²) >= 11 is 0. The van der Waals surface area contributed by atoms with E-state index in [4.69, 9.17) is 5.11 Å². The summed E-state index contributed by atoms with van der Waals surface area (Å²) in [7, 11) is 1.66. The minimum absolute atomic E-state index is 0.202. The molecule has 0 bridgehead atoms. The Kier molecular flexibility index (Phi) is 6.21. The summed E-state index contributed by atoms with van der Waals surface area (Å²) in [6.45, 7) is 6.30. The molecule has 1 aromatic carbocycles. The summed E-state index contributed by atoms with van der Waals surface area (Å²) in [5, 5.41) is 11.7. The van der Waals surface area contributed by atoms with E-state index in [9.17, 15) is 9.59 Å². The van der Waals surface area contributed by atoms with Gasteiger partial charge in [0.1, 0.15) is 6.04 Å². The molecule has 0 heterocycles. The third-order valence-electron chi connectivity index (χ3n) is 3.15. The van der Waals surface area contributed by atoms with E-state index >= 15 is 0 Å². The molecule has 0 aromatic heterocycles. The maximum atomic E-state index is 12.1. The molecule has 0 aliphatic heterocycles. The van der Waals surface area contributed by atoms with Crippen LogP contribution in [0.2, 0.25) is 0 Å². The number of carbonyl (C=O) groups excluding carboxylic acids is 1. The minimum atomic E-state index is -0.999. The van der Waals surface area contributed by atoms with Crippen molar-refractivity contribution in [2.24, 2.45) is 5.92 Å². The molecule has 0 aliphatic rings. The van der Waals surface area contributed by atoms with Crippen molar-refractivity contribution in [2.75, 3.05) is 7.05 Å². The largest absolute Gasteiger partial charge is 0.480 e. The lowest BCUT2D eigenvalue weighted by Crippen LogP contribution is -2.46. The van der Waals surface area contributed by atoms with Crippen molar-refractivity contribution in [1.82, 2.24) is 10.2 Å². The van der Waals surface area contributed by atoms with E-state index in [1.165, 1.54) is 4.90 Å². The Morgan fingerprint density at radius 1 is 1.33 bits per heavy atom. The van der Waals surface area contributed by atoms with Crippen LogP contribution in [0.25, 0.3) is 0 Å². The van der Waals surface area contributed by atoms with E-state index in [1.54, 1.807) is 7.05 Å². The fourth-order valence-electron chi connectivity index (χ4n) is 2.11. The van der Waals surface area contributed by atoms with Gasteiger partial charge in [-0.2, -0.15) is 0 Å². The quantitative estimate of drug-likeness (QED) is 0.847. The molecule has 0 aliphatic carbocycles. The van der Waals surface area contributed by atoms with Crippen molar-refractivity contribution in [3.63, 3.8) is 0 Å². The second-order valence-corrected chi connectivity index (χ2v) is 5.81. The standard InChI is InChI=1S/C16H24N2O3/c1-11(2)8-14(15(19)20)17-16(21)18(4)10-13-7-5-6-12(3)9-13/h5-7,9,11,14H,8,10H2,1-4H3,(H,17,21)(H,19,20). The molecule has 1 atom stereocenters. The average molecular weight is 292 g/mol. The monoisotopic (exact) mass is 292 g/mol. The molecule has 0 radical (unpaired) electrons. The van der Waals surface area contributed by atoms with Gasteiger partial charge in [0.15, 0.2) is 0 Å². The molecule has 2 N–H and O–H groups in total. The third-order valence-corrected chi connectivity index (χ3v) is 3.15. The van der Waals surface area contributed by atoms with Crippen LogP contribution in [-0.2, 0) is 11.3 Å². The smallest absolute Gasteiger partial charge is 0.326 e. The molecule has 5 heteroatoms. The molecule has 0 fully saturated rings. The highest BCUT2D eigenvalue weighted by Crippen LogP contribution is 2.08. The molecule has 0 saturated heterocycles. The van der Waals surface area contributed by atoms with Crippen molar-refractivity contribution in [3.8, 4) is 0 Å². The second kappa shape index (κ2) is 7.67. The van der Waals surface area contributed by atoms with Crippen LogP contribution < -0.4 is 5.32 Å². The molecule has 0 spiro atoms. The van der Waals surface area contributed by atoms with E-state index in [2.05, 4.69) is 5.32 Å². The third kappa shape index (κ3) is 5.85. The van der Waals surface area contributed by atoms with Crippen molar-refractivity contribution < 1.29 is 14.7 Å². The second-order valence-electron chi connectivity index (χ2n) is 5.81. The van der Waals surface area contributed by atoms with Crippen molar-refractivity contribution in [2.45, 2.75) is 39.8 Å². The molecule has 116 valence electrons. The molecule has 2 amide bonds. The Morgan fingerprint density at radius 3 is 2.52 bits per heavy atom. The molecular weight excluding hydrogens is 268 g/mol. The first-order chi connectivity index (χ1) is 9.79. The number of urea groups is 1. The number of hydrogen-bond donors (Lipinski definition) is 2. The van der Waals surface area contributed by atoms with Gasteiger partial charge in [-0.3, -0.25) is 0 Å². The minimum Gasteiger partial charge on any atom is -0.480 e. The Hall–Kier alpha value is -2.04. The van der Waals surface area contributed by atoms with Gasteiger partial charge in [0.05, 0.1) is 0 Å². The zero-order chi connectivity index (χ0) is 16.0. The highest BCUT2D eigenvalue weighted by Gasteiger charge is 2.22. The number of amides is 2. The highest BCUT2D eigenvalue weighted by molar-refractivity contribution is 5.82. The topological polar surface area (TPSA) is 69.6 Å². The highest BCUT2D eigenvalue weighted by atomic mass is 16.4. The number of carboxylic acid groups (broad SMARTS) is 1. The molecular formula is C16H24N2O3. The predicted octanol–water partition coefficient (Wildman–Crippen LogP) is 2.64. The van der Waals surface area contributed by atoms with Gasteiger partial charge in [0.2, 0.25) is 0 Å². The number of nitrogens with one attached hydrogen (secondary N) is 1. The van der Waals surface area contributed by atoms with Crippen LogP contribution in [-0.4, -0.2) is 35.1 Å². The fraction of sp³-hybridized carbons (Fsp3) is 0.500. The first-order valence-electron chi connectivity index (χ1n) is 7.09. The molecule has 5 nitrogen and oxygen atoms in total. The summed E-state index contributed by atoms with van der Waals surface area (Å²) in [6, 6.07) is 6.66. The number of benzene rings is 1. The normalized spacial score (nSPS) is 12.0. The average Bonchev–Trinajstić information content (AvgIpc) is 2.37. The lowest BCUT2D eigenvalue weighted by molar-refractivity contribution is -0.139. The summed E-state index contributed by atoms with van der Waals surface area (Å²) in [5.74, 6) is -0.797. The van der Waals surface area contributed by atoms with Gasteiger partial charge in [-0.15, -0.1) is 0 Å². The Labute approximate surface area is 126 Å². The predicted molar refractivity (Wildman–Crippen MR) is 82.1 cm³/mol. The van der Waals surface area contributed by atoms with Gasteiger partial charge < -0.3 is 15.3 Å². The lowest BCUT2D eigenvalue weighted by atomic mass is 10.0. The van der Waals surface area contributed by atoms with Gasteiger partial charge in [-0.05, 0) is 24.8 Å². The van der Waals surface area contributed by atoms with Crippen LogP contribution in [0.5, 0.6) is 0 Å². The van der Waals surface area contributed by atoms with Crippen LogP contribution >= 0.6 is 0 Å². The van der Waals surface area contributed by atoms with Crippen LogP contribution in [0.15, 0.2) is 24.3 Å². The number of nitrogens with zero attached hydrogens (tertiary/aromatic N) is 1. The molecule has 1 rings (SSSR count). The van der Waals surface area contributed by atoms with Crippen molar-refractivity contribution in [1.29, 1.82) is 0 Å². The number of aliphatic carboxylic acids is 1. The SMILES string of the molecule is Cc1cccc(CN(C)C(=O)NC(CC(C)C)C(=O)O)c1. The number of hydrogen-bond acceptors (Lipinski definition) is 2. The van der Waals surface area contributed by atoms with E-state index in [0.29, 0.717) is 13.0 Å². The number of aryl methyl sites for hydroxylation is 1. The van der Waals surface area contributed by atoms with Crippen LogP contribution in [0, 0.1) is 12.8 Å². The van der Waals surface area contributed by atoms with Crippen molar-refractivity contribution in [3.05, 3.63) is 35.4 Å². The first-order valence-corrected chi connectivity index (χ1v) is 7.09. The maximum absolute atomic E-state index is 12.1. The Balaban J connectivity index is 2.62. The van der Waals surface area contributed by atoms with Crippen molar-refractivity contribution >= 4 is 12.0 Å². The number of carbonyl (C=O) groups is 2. The molecule has 21 heavy (non-hydrogen) atoms. The zero-order valence-electron chi connectivity index (χ0n) is 13.1. The first kappa shape index (κ1) is 17.0. The Bertz CT molecular complexity index is 500. The van der Waals surface area contributed by atoms with Gasteiger partial charge in [-0.1, -0.05) is 43.7 Å². The van der Waals surface area contributed by atoms with Gasteiger partial charge in [0.25, 0.3) is 0 Å².